The van der Waals surface area contributed by atoms with Crippen LogP contribution in [0, 0.1) is 0 Å². The molecule has 0 aliphatic carbocycles. The van der Waals surface area contributed by atoms with Crippen molar-refractivity contribution in [3.8, 4) is 5.75 Å². The van der Waals surface area contributed by atoms with Gasteiger partial charge in [-0.1, -0.05) is 62.4 Å². The minimum absolute atomic E-state index is 0.178. The summed E-state index contributed by atoms with van der Waals surface area (Å²) in [7, 11) is -3.27. The summed E-state index contributed by atoms with van der Waals surface area (Å²) in [4.78, 5) is 12.2. The molecule has 0 aliphatic heterocycles. The molecule has 134 valence electrons. The normalized spacial score (nSPS) is 14.6. The Morgan fingerprint density at radius 1 is 1.00 bits per heavy atom. The zero-order valence-corrected chi connectivity index (χ0v) is 15.6. The van der Waals surface area contributed by atoms with Crippen LogP contribution >= 0.6 is 7.52 Å². The molecule has 0 amide bonds. The largest absolute Gasteiger partial charge is 0.460 e. The highest BCUT2D eigenvalue weighted by atomic mass is 31.2. The Bertz CT molecular complexity index is 719. The highest BCUT2D eigenvalue weighted by Crippen LogP contribution is 2.48. The molecule has 1 N–H and O–H groups in total. The number of hydrogen-bond donors (Lipinski definition) is 1. The van der Waals surface area contributed by atoms with Crippen LogP contribution in [0.4, 0.5) is 0 Å². The molecule has 0 saturated carbocycles. The van der Waals surface area contributed by atoms with E-state index in [4.69, 9.17) is 9.26 Å². The molecule has 5 nitrogen and oxygen atoms in total. The van der Waals surface area contributed by atoms with Crippen LogP contribution < -0.4 is 9.61 Å². The number of nitrogens with one attached hydrogen (secondary N) is 1. The lowest BCUT2D eigenvalue weighted by Crippen LogP contribution is -2.36. The highest BCUT2D eigenvalue weighted by Gasteiger charge is 2.33. The van der Waals surface area contributed by atoms with Crippen molar-refractivity contribution >= 4 is 13.5 Å². The Labute approximate surface area is 148 Å². The van der Waals surface area contributed by atoms with Crippen molar-refractivity contribution in [2.75, 3.05) is 0 Å². The third kappa shape index (κ3) is 5.73. The number of benzene rings is 2. The molecule has 0 aromatic heterocycles. The molecule has 0 fully saturated rings. The Kier molecular flexibility index (Phi) is 6.80. The van der Waals surface area contributed by atoms with E-state index >= 15 is 0 Å². The van der Waals surface area contributed by atoms with Crippen LogP contribution in [0.2, 0.25) is 0 Å². The molecule has 0 radical (unpaired) electrons. The third-order valence-electron chi connectivity index (χ3n) is 3.62. The maximum atomic E-state index is 13.1. The monoisotopic (exact) mass is 361 g/mol. The number of carbonyl (C=O) groups excluding carboxylic acids is 1. The maximum Gasteiger partial charge on any atom is 0.323 e. The van der Waals surface area contributed by atoms with Crippen molar-refractivity contribution in [3.05, 3.63) is 66.2 Å². The predicted octanol–water partition coefficient (Wildman–Crippen LogP) is 4.39. The first-order valence-electron chi connectivity index (χ1n) is 8.23. The Morgan fingerprint density at radius 2 is 1.56 bits per heavy atom. The number of hydrogen-bond acceptors (Lipinski definition) is 4. The van der Waals surface area contributed by atoms with Gasteiger partial charge in [-0.25, -0.2) is 5.09 Å². The molecule has 6 heteroatoms. The molecule has 0 heterocycles. The van der Waals surface area contributed by atoms with Crippen molar-refractivity contribution in [2.24, 2.45) is 0 Å². The highest BCUT2D eigenvalue weighted by molar-refractivity contribution is 7.58. The van der Waals surface area contributed by atoms with Crippen LogP contribution in [-0.2, 0) is 20.7 Å². The van der Waals surface area contributed by atoms with Gasteiger partial charge in [0.15, 0.2) is 0 Å². The average molecular weight is 361 g/mol. The van der Waals surface area contributed by atoms with Crippen LogP contribution in [0.5, 0.6) is 5.75 Å². The predicted molar refractivity (Wildman–Crippen MR) is 98.6 cm³/mol. The van der Waals surface area contributed by atoms with Crippen molar-refractivity contribution in [1.29, 1.82) is 0 Å². The van der Waals surface area contributed by atoms with Gasteiger partial charge in [0.25, 0.3) is 0 Å². The van der Waals surface area contributed by atoms with Crippen LogP contribution in [0.25, 0.3) is 0 Å². The van der Waals surface area contributed by atoms with Crippen molar-refractivity contribution < 1.29 is 18.6 Å². The minimum Gasteiger partial charge on any atom is -0.460 e. The standard InChI is InChI=1S/C19H24NO4P/c1-15(2)25(22,24-18-12-8-5-9-13-18)20-16(3)19(21)23-14-17-10-6-4-7-11-17/h4-13,15-16H,14H2,1-3H3,(H,20,22)/t16-,25?/m1/s1. The van der Waals surface area contributed by atoms with E-state index in [-0.39, 0.29) is 12.3 Å². The summed E-state index contributed by atoms with van der Waals surface area (Å²) >= 11 is 0. The van der Waals surface area contributed by atoms with Crippen LogP contribution in [-0.4, -0.2) is 17.7 Å². The zero-order valence-electron chi connectivity index (χ0n) is 14.7. The number of ether oxygens (including phenoxy) is 1. The minimum atomic E-state index is -3.27. The van der Waals surface area contributed by atoms with Gasteiger partial charge < -0.3 is 9.26 Å². The van der Waals surface area contributed by atoms with E-state index in [1.54, 1.807) is 45.0 Å². The second-order valence-electron chi connectivity index (χ2n) is 6.04. The molecule has 0 saturated heterocycles. The van der Waals surface area contributed by atoms with E-state index < -0.39 is 19.5 Å². The smallest absolute Gasteiger partial charge is 0.323 e. The summed E-state index contributed by atoms with van der Waals surface area (Å²) in [6.07, 6.45) is 0. The van der Waals surface area contributed by atoms with Gasteiger partial charge in [0.05, 0.1) is 5.66 Å². The van der Waals surface area contributed by atoms with Gasteiger partial charge in [-0.3, -0.25) is 9.36 Å². The van der Waals surface area contributed by atoms with Gasteiger partial charge in [-0.05, 0) is 24.6 Å². The molecule has 2 aromatic rings. The lowest BCUT2D eigenvalue weighted by atomic mass is 10.2. The Morgan fingerprint density at radius 3 is 2.12 bits per heavy atom. The molecule has 0 bridgehead atoms. The molecule has 25 heavy (non-hydrogen) atoms. The molecule has 0 spiro atoms. The number of carbonyl (C=O) groups is 1. The fourth-order valence-electron chi connectivity index (χ4n) is 2.10. The quantitative estimate of drug-likeness (QED) is 0.558. The van der Waals surface area contributed by atoms with Crippen molar-refractivity contribution in [1.82, 2.24) is 5.09 Å². The number of esters is 1. The van der Waals surface area contributed by atoms with Crippen LogP contribution in [0.15, 0.2) is 60.7 Å². The first-order valence-corrected chi connectivity index (χ1v) is 9.93. The summed E-state index contributed by atoms with van der Waals surface area (Å²) in [6.45, 7) is 5.38. The molecule has 0 aliphatic rings. The molecule has 2 rings (SSSR count). The Hall–Kier alpha value is -2.10. The summed E-state index contributed by atoms with van der Waals surface area (Å²) in [5, 5.41) is 2.84. The van der Waals surface area contributed by atoms with E-state index in [0.717, 1.165) is 5.56 Å². The lowest BCUT2D eigenvalue weighted by molar-refractivity contribution is -0.146. The van der Waals surface area contributed by atoms with Gasteiger partial charge in [-0.2, -0.15) is 0 Å². The summed E-state index contributed by atoms with van der Waals surface area (Å²) < 4.78 is 24.1. The molecular weight excluding hydrogens is 337 g/mol. The summed E-state index contributed by atoms with van der Waals surface area (Å²) in [6, 6.07) is 17.6. The topological polar surface area (TPSA) is 64.6 Å². The van der Waals surface area contributed by atoms with Gasteiger partial charge >= 0.3 is 13.5 Å². The van der Waals surface area contributed by atoms with Crippen molar-refractivity contribution in [3.63, 3.8) is 0 Å². The van der Waals surface area contributed by atoms with E-state index in [9.17, 15) is 9.36 Å². The van der Waals surface area contributed by atoms with Crippen LogP contribution in [0.3, 0.4) is 0 Å². The van der Waals surface area contributed by atoms with Crippen molar-refractivity contribution in [2.45, 2.75) is 39.1 Å². The third-order valence-corrected chi connectivity index (χ3v) is 6.20. The second kappa shape index (κ2) is 8.84. The van der Waals surface area contributed by atoms with E-state index in [0.29, 0.717) is 5.75 Å². The SMILES string of the molecule is CC(C)P(=O)(N[C@H](C)C(=O)OCc1ccccc1)Oc1ccccc1. The van der Waals surface area contributed by atoms with Gasteiger partial charge in [0, 0.05) is 0 Å². The zero-order chi connectivity index (χ0) is 18.3. The second-order valence-corrected chi connectivity index (χ2v) is 8.71. The first-order chi connectivity index (χ1) is 11.9. The number of para-hydroxylation sites is 1. The van der Waals surface area contributed by atoms with E-state index in [1.807, 2.05) is 36.4 Å². The first kappa shape index (κ1) is 19.2. The Balaban J connectivity index is 1.98. The number of rotatable bonds is 8. The van der Waals surface area contributed by atoms with E-state index in [2.05, 4.69) is 5.09 Å². The van der Waals surface area contributed by atoms with Crippen LogP contribution in [0.1, 0.15) is 26.3 Å². The maximum absolute atomic E-state index is 13.1. The molecular formula is C19H24NO4P. The fraction of sp³-hybridized carbons (Fsp3) is 0.316. The molecule has 1 unspecified atom stereocenters. The fourth-order valence-corrected chi connectivity index (χ4v) is 3.74. The summed E-state index contributed by atoms with van der Waals surface area (Å²) in [5.41, 5.74) is 0.604. The van der Waals surface area contributed by atoms with Gasteiger partial charge in [-0.15, -0.1) is 0 Å². The van der Waals surface area contributed by atoms with Gasteiger partial charge in [0.2, 0.25) is 0 Å². The molecule has 2 atom stereocenters. The van der Waals surface area contributed by atoms with Gasteiger partial charge in [0.1, 0.15) is 18.4 Å². The van der Waals surface area contributed by atoms with E-state index in [1.165, 1.54) is 0 Å². The summed E-state index contributed by atoms with van der Waals surface area (Å²) in [5.74, 6) is 0.0262. The lowest BCUT2D eigenvalue weighted by Gasteiger charge is -2.26. The molecule has 2 aromatic carbocycles. The average Bonchev–Trinajstić information content (AvgIpc) is 2.61.